The van der Waals surface area contributed by atoms with Gasteiger partial charge in [0.15, 0.2) is 5.65 Å². The van der Waals surface area contributed by atoms with E-state index in [0.717, 1.165) is 52.1 Å². The fourth-order valence-corrected chi connectivity index (χ4v) is 4.91. The molecular weight excluding hydrogens is 446 g/mol. The number of aromatic nitrogens is 3. The summed E-state index contributed by atoms with van der Waals surface area (Å²) in [7, 11) is 1.63. The maximum Gasteiger partial charge on any atom is 0.251 e. The highest BCUT2D eigenvalue weighted by Crippen LogP contribution is 2.39. The zero-order chi connectivity index (χ0) is 24.7. The lowest BCUT2D eigenvalue weighted by molar-refractivity contribution is 0.0963. The number of carbonyl (C=O) groups is 1. The molecule has 0 spiro atoms. The Hall–Kier alpha value is -4.29. The van der Waals surface area contributed by atoms with Gasteiger partial charge in [-0.3, -0.25) is 4.79 Å². The van der Waals surface area contributed by atoms with Crippen molar-refractivity contribution in [2.24, 2.45) is 5.73 Å². The van der Waals surface area contributed by atoms with Gasteiger partial charge in [-0.25, -0.2) is 9.97 Å². The van der Waals surface area contributed by atoms with Gasteiger partial charge >= 0.3 is 0 Å². The van der Waals surface area contributed by atoms with Crippen LogP contribution >= 0.6 is 0 Å². The van der Waals surface area contributed by atoms with E-state index in [9.17, 15) is 4.79 Å². The number of H-pyrrole nitrogens is 1. The van der Waals surface area contributed by atoms with E-state index >= 15 is 0 Å². The van der Waals surface area contributed by atoms with Gasteiger partial charge in [-0.1, -0.05) is 60.7 Å². The van der Waals surface area contributed by atoms with Crippen molar-refractivity contribution >= 4 is 17.1 Å². The standard InChI is InChI=1S/C30H27N5O/c1-32-29(36)24-9-3-2-8-23(24)25-14-15-26-28(33-25)35-27(34-26)21-7-4-6-20(18-21)19-10-12-22(13-11-19)30(31)16-5-17-30/h2-4,6-15,18H,5,16-17,31H2,1H3,(H,32,36)(H,33,34,35). The number of benzene rings is 3. The molecule has 2 heterocycles. The van der Waals surface area contributed by atoms with Crippen LogP contribution in [0.3, 0.4) is 0 Å². The summed E-state index contributed by atoms with van der Waals surface area (Å²) in [5.41, 5.74) is 14.3. The third kappa shape index (κ3) is 3.85. The van der Waals surface area contributed by atoms with Crippen LogP contribution in [-0.4, -0.2) is 27.9 Å². The van der Waals surface area contributed by atoms with E-state index in [4.69, 9.17) is 15.7 Å². The van der Waals surface area contributed by atoms with Gasteiger partial charge < -0.3 is 16.0 Å². The van der Waals surface area contributed by atoms with E-state index in [0.29, 0.717) is 11.2 Å². The summed E-state index contributed by atoms with van der Waals surface area (Å²) >= 11 is 0. The average molecular weight is 474 g/mol. The normalized spacial score (nSPS) is 14.4. The third-order valence-electron chi connectivity index (χ3n) is 7.19. The molecule has 0 aliphatic heterocycles. The molecule has 1 aliphatic carbocycles. The number of hydrogen-bond donors (Lipinski definition) is 3. The van der Waals surface area contributed by atoms with Gasteiger partial charge in [-0.05, 0) is 60.2 Å². The molecule has 0 bridgehead atoms. The van der Waals surface area contributed by atoms with Crippen molar-refractivity contribution in [2.45, 2.75) is 24.8 Å². The van der Waals surface area contributed by atoms with Crippen LogP contribution < -0.4 is 11.1 Å². The van der Waals surface area contributed by atoms with Crippen LogP contribution in [0.25, 0.3) is 44.9 Å². The lowest BCUT2D eigenvalue weighted by Gasteiger charge is -2.38. The predicted octanol–water partition coefficient (Wildman–Crippen LogP) is 5.66. The van der Waals surface area contributed by atoms with Crippen LogP contribution in [-0.2, 0) is 5.54 Å². The Kier molecular flexibility index (Phi) is 5.38. The second-order valence-corrected chi connectivity index (χ2v) is 9.44. The molecule has 6 heteroatoms. The maximum atomic E-state index is 12.3. The zero-order valence-electron chi connectivity index (χ0n) is 20.1. The topological polar surface area (TPSA) is 96.7 Å². The van der Waals surface area contributed by atoms with Gasteiger partial charge in [-0.2, -0.15) is 0 Å². The molecule has 0 saturated heterocycles. The molecule has 0 radical (unpaired) electrons. The van der Waals surface area contributed by atoms with Gasteiger partial charge in [0.25, 0.3) is 5.91 Å². The van der Waals surface area contributed by atoms with Crippen molar-refractivity contribution in [3.63, 3.8) is 0 Å². The molecule has 4 N–H and O–H groups in total. The third-order valence-corrected chi connectivity index (χ3v) is 7.19. The van der Waals surface area contributed by atoms with Crippen LogP contribution in [0.5, 0.6) is 0 Å². The van der Waals surface area contributed by atoms with Crippen molar-refractivity contribution in [1.82, 2.24) is 20.3 Å². The van der Waals surface area contributed by atoms with Gasteiger partial charge in [0.2, 0.25) is 0 Å². The van der Waals surface area contributed by atoms with Crippen LogP contribution in [0.2, 0.25) is 0 Å². The monoisotopic (exact) mass is 473 g/mol. The smallest absolute Gasteiger partial charge is 0.251 e. The molecule has 6 nitrogen and oxygen atoms in total. The minimum atomic E-state index is -0.151. The Balaban J connectivity index is 1.32. The van der Waals surface area contributed by atoms with Gasteiger partial charge in [0, 0.05) is 29.3 Å². The maximum absolute atomic E-state index is 12.3. The van der Waals surface area contributed by atoms with Crippen molar-refractivity contribution in [3.8, 4) is 33.8 Å². The lowest BCUT2D eigenvalue weighted by Crippen LogP contribution is -2.43. The summed E-state index contributed by atoms with van der Waals surface area (Å²) in [6, 6.07) is 28.2. The molecule has 0 unspecified atom stereocenters. The Morgan fingerprint density at radius 3 is 2.42 bits per heavy atom. The molecule has 1 fully saturated rings. The molecule has 36 heavy (non-hydrogen) atoms. The van der Waals surface area contributed by atoms with Crippen LogP contribution in [0, 0.1) is 0 Å². The van der Waals surface area contributed by atoms with E-state index < -0.39 is 0 Å². The first kappa shape index (κ1) is 22.2. The van der Waals surface area contributed by atoms with Crippen LogP contribution in [0.15, 0.2) is 84.9 Å². The van der Waals surface area contributed by atoms with Crippen molar-refractivity contribution in [3.05, 3.63) is 96.1 Å². The zero-order valence-corrected chi connectivity index (χ0v) is 20.1. The highest BCUT2D eigenvalue weighted by Gasteiger charge is 2.34. The number of rotatable bonds is 5. The number of fused-ring (bicyclic) bond motifs is 1. The molecule has 6 rings (SSSR count). The highest BCUT2D eigenvalue weighted by atomic mass is 16.1. The summed E-state index contributed by atoms with van der Waals surface area (Å²) in [5.74, 6) is 0.611. The molecule has 1 amide bonds. The number of carbonyl (C=O) groups excluding carboxylic acids is 1. The number of nitrogens with two attached hydrogens (primary N) is 1. The lowest BCUT2D eigenvalue weighted by atomic mass is 9.72. The Morgan fingerprint density at radius 2 is 1.67 bits per heavy atom. The number of imidazole rings is 1. The predicted molar refractivity (Wildman–Crippen MR) is 143 cm³/mol. The number of amides is 1. The quantitative estimate of drug-likeness (QED) is 0.307. The summed E-state index contributed by atoms with van der Waals surface area (Å²) in [4.78, 5) is 25.3. The number of aromatic amines is 1. The molecule has 2 aromatic heterocycles. The molecular formula is C30H27N5O. The Labute approximate surface area is 209 Å². The summed E-state index contributed by atoms with van der Waals surface area (Å²) < 4.78 is 0. The summed E-state index contributed by atoms with van der Waals surface area (Å²) in [5, 5.41) is 2.70. The molecule has 5 aromatic rings. The first-order chi connectivity index (χ1) is 17.5. The number of pyridine rings is 1. The Bertz CT molecular complexity index is 1580. The van der Waals surface area contributed by atoms with E-state index in [1.807, 2.05) is 42.5 Å². The van der Waals surface area contributed by atoms with Crippen LogP contribution in [0.4, 0.5) is 0 Å². The first-order valence-electron chi connectivity index (χ1n) is 12.2. The molecule has 3 aromatic carbocycles. The van der Waals surface area contributed by atoms with Crippen molar-refractivity contribution in [2.75, 3.05) is 7.05 Å². The largest absolute Gasteiger partial charge is 0.355 e. The molecule has 178 valence electrons. The van der Waals surface area contributed by atoms with Gasteiger partial charge in [0.1, 0.15) is 11.3 Å². The minimum absolute atomic E-state index is 0.142. The fraction of sp³-hybridized carbons (Fsp3) is 0.167. The van der Waals surface area contributed by atoms with E-state index in [1.165, 1.54) is 12.0 Å². The molecule has 1 saturated carbocycles. The van der Waals surface area contributed by atoms with Gasteiger partial charge in [-0.15, -0.1) is 0 Å². The second kappa shape index (κ2) is 8.73. The minimum Gasteiger partial charge on any atom is -0.355 e. The molecule has 1 aliphatic rings. The van der Waals surface area contributed by atoms with Crippen molar-refractivity contribution < 1.29 is 4.79 Å². The number of nitrogens with zero attached hydrogens (tertiary/aromatic N) is 2. The van der Waals surface area contributed by atoms with Crippen molar-refractivity contribution in [1.29, 1.82) is 0 Å². The number of hydrogen-bond acceptors (Lipinski definition) is 4. The number of nitrogens with one attached hydrogen (secondary N) is 2. The summed E-state index contributed by atoms with van der Waals surface area (Å²) in [6.07, 6.45) is 3.32. The summed E-state index contributed by atoms with van der Waals surface area (Å²) in [6.45, 7) is 0. The van der Waals surface area contributed by atoms with E-state index in [1.54, 1.807) is 13.1 Å². The fourth-order valence-electron chi connectivity index (χ4n) is 4.91. The first-order valence-corrected chi connectivity index (χ1v) is 12.2. The van der Waals surface area contributed by atoms with Crippen LogP contribution in [0.1, 0.15) is 35.2 Å². The average Bonchev–Trinajstić information content (AvgIpc) is 3.35. The van der Waals surface area contributed by atoms with Gasteiger partial charge in [0.05, 0.1) is 5.69 Å². The SMILES string of the molecule is CNC(=O)c1ccccc1-c1ccc2nc(-c3cccc(-c4ccc(C5(N)CCC5)cc4)c3)[nH]c2n1. The molecule has 0 atom stereocenters. The highest BCUT2D eigenvalue weighted by molar-refractivity contribution is 6.00. The Morgan fingerprint density at radius 1 is 0.889 bits per heavy atom. The van der Waals surface area contributed by atoms with E-state index in [2.05, 4.69) is 46.7 Å². The second-order valence-electron chi connectivity index (χ2n) is 9.44. The van der Waals surface area contributed by atoms with E-state index in [-0.39, 0.29) is 11.4 Å².